The standard InChI is InChI=1S/C7H9N3O/c11-7-5-3-1-2-4-6(5)8-10-9-7/h4-5H,1-3H2,(H,8,9,11). The molecule has 0 fully saturated rings. The molecule has 1 heterocycles. The van der Waals surface area contributed by atoms with Gasteiger partial charge in [-0.2, -0.15) is 0 Å². The van der Waals surface area contributed by atoms with Crippen molar-refractivity contribution in [3.05, 3.63) is 11.8 Å². The van der Waals surface area contributed by atoms with Gasteiger partial charge in [0.2, 0.25) is 0 Å². The largest absolute Gasteiger partial charge is 0.272 e. The smallest absolute Gasteiger partial charge is 0.250 e. The van der Waals surface area contributed by atoms with Crippen LogP contribution in [-0.2, 0) is 4.79 Å². The number of amides is 1. The van der Waals surface area contributed by atoms with Crippen LogP contribution in [0.15, 0.2) is 22.1 Å². The number of rotatable bonds is 0. The van der Waals surface area contributed by atoms with Crippen LogP contribution in [0.2, 0.25) is 0 Å². The third-order valence-electron chi connectivity index (χ3n) is 2.05. The van der Waals surface area contributed by atoms with Gasteiger partial charge in [0.05, 0.1) is 11.6 Å². The second-order valence-electron chi connectivity index (χ2n) is 2.79. The highest BCUT2D eigenvalue weighted by Gasteiger charge is 2.27. The van der Waals surface area contributed by atoms with E-state index in [0.29, 0.717) is 0 Å². The number of allylic oxidation sites excluding steroid dienone is 1. The molecule has 0 spiro atoms. The van der Waals surface area contributed by atoms with Crippen LogP contribution in [0.5, 0.6) is 0 Å². The van der Waals surface area contributed by atoms with Gasteiger partial charge in [0.25, 0.3) is 5.91 Å². The van der Waals surface area contributed by atoms with Crippen molar-refractivity contribution in [1.29, 1.82) is 0 Å². The van der Waals surface area contributed by atoms with E-state index < -0.39 is 0 Å². The summed E-state index contributed by atoms with van der Waals surface area (Å²) < 4.78 is 0. The number of carbonyl (C=O) groups is 1. The van der Waals surface area contributed by atoms with E-state index >= 15 is 0 Å². The zero-order valence-electron chi connectivity index (χ0n) is 6.08. The van der Waals surface area contributed by atoms with Gasteiger partial charge in [-0.15, -0.1) is 5.11 Å². The van der Waals surface area contributed by atoms with E-state index in [9.17, 15) is 4.79 Å². The number of hydrogen-bond donors (Lipinski definition) is 1. The molecule has 2 aliphatic rings. The van der Waals surface area contributed by atoms with Gasteiger partial charge in [0.1, 0.15) is 0 Å². The minimum absolute atomic E-state index is 0.00838. The average Bonchev–Trinajstić information content (AvgIpc) is 2.06. The first-order chi connectivity index (χ1) is 5.38. The van der Waals surface area contributed by atoms with Gasteiger partial charge >= 0.3 is 0 Å². The number of fused-ring (bicyclic) bond motifs is 1. The molecule has 1 N–H and O–H groups in total. The van der Waals surface area contributed by atoms with Gasteiger partial charge in [-0.25, -0.2) is 5.43 Å². The van der Waals surface area contributed by atoms with E-state index in [1.54, 1.807) is 0 Å². The second kappa shape index (κ2) is 2.45. The molecule has 58 valence electrons. The molecule has 1 aliphatic carbocycles. The van der Waals surface area contributed by atoms with Crippen LogP contribution in [0.25, 0.3) is 0 Å². The molecule has 0 saturated heterocycles. The summed E-state index contributed by atoms with van der Waals surface area (Å²) >= 11 is 0. The van der Waals surface area contributed by atoms with Crippen LogP contribution < -0.4 is 5.43 Å². The van der Waals surface area contributed by atoms with Crippen molar-refractivity contribution in [1.82, 2.24) is 5.43 Å². The number of hydrogen-bond acceptors (Lipinski definition) is 3. The predicted molar refractivity (Wildman–Crippen MR) is 38.4 cm³/mol. The van der Waals surface area contributed by atoms with Crippen LogP contribution in [0.4, 0.5) is 0 Å². The van der Waals surface area contributed by atoms with E-state index in [4.69, 9.17) is 0 Å². The number of carbonyl (C=O) groups excluding carboxylic acids is 1. The zero-order chi connectivity index (χ0) is 7.68. The topological polar surface area (TPSA) is 53.8 Å². The van der Waals surface area contributed by atoms with E-state index in [1.165, 1.54) is 0 Å². The lowest BCUT2D eigenvalue weighted by Crippen LogP contribution is -2.31. The molecule has 1 unspecified atom stereocenters. The summed E-state index contributed by atoms with van der Waals surface area (Å²) in [6.45, 7) is 0. The molecule has 4 nitrogen and oxygen atoms in total. The van der Waals surface area contributed by atoms with Crippen LogP contribution in [-0.4, -0.2) is 5.91 Å². The van der Waals surface area contributed by atoms with Gasteiger partial charge in [-0.1, -0.05) is 11.3 Å². The van der Waals surface area contributed by atoms with E-state index in [2.05, 4.69) is 15.8 Å². The summed E-state index contributed by atoms with van der Waals surface area (Å²) in [6.07, 6.45) is 5.02. The van der Waals surface area contributed by atoms with Crippen molar-refractivity contribution in [2.24, 2.45) is 16.3 Å². The first kappa shape index (κ1) is 6.52. The highest BCUT2D eigenvalue weighted by atomic mass is 16.2. The van der Waals surface area contributed by atoms with Gasteiger partial charge in [0.15, 0.2) is 0 Å². The molecule has 0 aromatic heterocycles. The highest BCUT2D eigenvalue weighted by molar-refractivity contribution is 5.81. The highest BCUT2D eigenvalue weighted by Crippen LogP contribution is 2.27. The summed E-state index contributed by atoms with van der Waals surface area (Å²) in [5.41, 5.74) is 3.21. The van der Waals surface area contributed by atoms with E-state index in [-0.39, 0.29) is 11.8 Å². The maximum atomic E-state index is 11.1. The first-order valence-electron chi connectivity index (χ1n) is 3.78. The molecule has 4 heteroatoms. The first-order valence-corrected chi connectivity index (χ1v) is 3.78. The molecule has 0 aromatic rings. The summed E-state index contributed by atoms with van der Waals surface area (Å²) in [6, 6.07) is 0. The Morgan fingerprint density at radius 3 is 3.36 bits per heavy atom. The lowest BCUT2D eigenvalue weighted by atomic mass is 9.92. The SMILES string of the molecule is O=C1NN=NC2=CCCCC12. The average molecular weight is 151 g/mol. The molecule has 1 aliphatic heterocycles. The van der Waals surface area contributed by atoms with Gasteiger partial charge in [-0.05, 0) is 19.3 Å². The Hall–Kier alpha value is -1.19. The van der Waals surface area contributed by atoms with Gasteiger partial charge in [-0.3, -0.25) is 4.79 Å². The fourth-order valence-electron chi connectivity index (χ4n) is 1.45. The third-order valence-corrected chi connectivity index (χ3v) is 2.05. The lowest BCUT2D eigenvalue weighted by Gasteiger charge is -2.21. The molecule has 11 heavy (non-hydrogen) atoms. The number of nitrogens with zero attached hydrogens (tertiary/aromatic N) is 2. The molecule has 1 amide bonds. The van der Waals surface area contributed by atoms with Gasteiger partial charge in [0, 0.05) is 0 Å². The summed E-state index contributed by atoms with van der Waals surface area (Å²) in [7, 11) is 0. The van der Waals surface area contributed by atoms with Crippen molar-refractivity contribution < 1.29 is 4.79 Å². The Morgan fingerprint density at radius 2 is 2.55 bits per heavy atom. The summed E-state index contributed by atoms with van der Waals surface area (Å²) in [5.74, 6) is -0.0350. The maximum Gasteiger partial charge on any atom is 0.250 e. The fraction of sp³-hybridized carbons (Fsp3) is 0.571. The van der Waals surface area contributed by atoms with Crippen molar-refractivity contribution in [3.8, 4) is 0 Å². The minimum Gasteiger partial charge on any atom is -0.272 e. The van der Waals surface area contributed by atoms with Crippen LogP contribution in [0.1, 0.15) is 19.3 Å². The Balaban J connectivity index is 2.31. The number of nitrogens with one attached hydrogen (secondary N) is 1. The maximum absolute atomic E-state index is 11.1. The molecule has 0 radical (unpaired) electrons. The third kappa shape index (κ3) is 1.04. The quantitative estimate of drug-likeness (QED) is 0.555. The summed E-state index contributed by atoms with van der Waals surface area (Å²) in [5, 5.41) is 7.36. The van der Waals surface area contributed by atoms with Crippen molar-refractivity contribution in [2.45, 2.75) is 19.3 Å². The minimum atomic E-state index is -0.0266. The van der Waals surface area contributed by atoms with E-state index in [1.807, 2.05) is 6.08 Å². The molecule has 0 bridgehead atoms. The Labute approximate surface area is 64.4 Å². The fourth-order valence-corrected chi connectivity index (χ4v) is 1.45. The van der Waals surface area contributed by atoms with Crippen molar-refractivity contribution in [3.63, 3.8) is 0 Å². The van der Waals surface area contributed by atoms with Crippen molar-refractivity contribution >= 4 is 5.91 Å². The molecular formula is C7H9N3O. The zero-order valence-corrected chi connectivity index (χ0v) is 6.08. The van der Waals surface area contributed by atoms with Crippen LogP contribution >= 0.6 is 0 Å². The summed E-state index contributed by atoms with van der Waals surface area (Å²) in [4.78, 5) is 11.1. The normalized spacial score (nSPS) is 28.9. The Kier molecular flexibility index (Phi) is 1.45. The van der Waals surface area contributed by atoms with Crippen molar-refractivity contribution in [2.75, 3.05) is 0 Å². The molecular weight excluding hydrogens is 142 g/mol. The van der Waals surface area contributed by atoms with Crippen LogP contribution in [0.3, 0.4) is 0 Å². The molecule has 0 aromatic carbocycles. The van der Waals surface area contributed by atoms with E-state index in [0.717, 1.165) is 25.0 Å². The lowest BCUT2D eigenvalue weighted by molar-refractivity contribution is -0.125. The molecule has 1 atom stereocenters. The van der Waals surface area contributed by atoms with Crippen LogP contribution in [0, 0.1) is 5.92 Å². The molecule has 2 rings (SSSR count). The second-order valence-corrected chi connectivity index (χ2v) is 2.79. The van der Waals surface area contributed by atoms with Gasteiger partial charge < -0.3 is 0 Å². The Morgan fingerprint density at radius 1 is 1.64 bits per heavy atom. The monoisotopic (exact) mass is 151 g/mol. The predicted octanol–water partition coefficient (Wildman–Crippen LogP) is 1.17. The molecule has 0 saturated carbocycles. The Bertz CT molecular complexity index is 244.